The first-order valence-corrected chi connectivity index (χ1v) is 14.6. The van der Waals surface area contributed by atoms with E-state index in [0.717, 1.165) is 42.3 Å². The van der Waals surface area contributed by atoms with Gasteiger partial charge in [-0.1, -0.05) is 94.5 Å². The van der Waals surface area contributed by atoms with Crippen LogP contribution in [0.3, 0.4) is 0 Å². The molecule has 0 bridgehead atoms. The minimum absolute atomic E-state index is 0.0953. The molecule has 1 unspecified atom stereocenters. The molecule has 196 valence electrons. The molecule has 4 nitrogen and oxygen atoms in total. The van der Waals surface area contributed by atoms with E-state index in [-0.39, 0.29) is 23.9 Å². The van der Waals surface area contributed by atoms with Crippen molar-refractivity contribution >= 4 is 16.8 Å². The minimum atomic E-state index is -0.106. The highest BCUT2D eigenvalue weighted by atomic mass is 16.2. The van der Waals surface area contributed by atoms with E-state index in [1.807, 2.05) is 18.3 Å². The highest BCUT2D eigenvalue weighted by molar-refractivity contribution is 5.87. The summed E-state index contributed by atoms with van der Waals surface area (Å²) in [6.45, 7) is 5.64. The first-order valence-electron chi connectivity index (χ1n) is 14.6. The van der Waals surface area contributed by atoms with Crippen LogP contribution in [0.1, 0.15) is 88.3 Å². The summed E-state index contributed by atoms with van der Waals surface area (Å²) in [5.41, 5.74) is 3.32. The van der Waals surface area contributed by atoms with Crippen LogP contribution in [-0.4, -0.2) is 23.5 Å². The van der Waals surface area contributed by atoms with E-state index in [9.17, 15) is 4.79 Å². The number of nitrogens with one attached hydrogen (secondary N) is 2. The molecule has 5 rings (SSSR count). The summed E-state index contributed by atoms with van der Waals surface area (Å²) in [7, 11) is 0. The predicted molar refractivity (Wildman–Crippen MR) is 152 cm³/mol. The third-order valence-electron chi connectivity index (χ3n) is 9.19. The van der Waals surface area contributed by atoms with Crippen LogP contribution in [0.2, 0.25) is 0 Å². The molecule has 2 aromatic carbocycles. The molecule has 5 atom stereocenters. The molecule has 4 heteroatoms. The van der Waals surface area contributed by atoms with Crippen LogP contribution in [0.4, 0.5) is 0 Å². The second-order valence-electron chi connectivity index (χ2n) is 11.3. The monoisotopic (exact) mass is 497 g/mol. The van der Waals surface area contributed by atoms with Crippen molar-refractivity contribution in [1.82, 2.24) is 15.6 Å². The zero-order chi connectivity index (χ0) is 25.6. The molecule has 0 spiro atoms. The number of fused-ring (bicyclic) bond motifs is 1. The van der Waals surface area contributed by atoms with Crippen LogP contribution in [0.5, 0.6) is 0 Å². The van der Waals surface area contributed by atoms with Gasteiger partial charge in [-0.15, -0.1) is 0 Å². The SMILES string of the molecule is CC[C@H]1CN[C@@H]([C@H](NC(=O)C(c2ccccc2)C2CCCCC2)c2ccnc3ccccc23)C[C@@H]1CC. The number of rotatable bonds is 8. The van der Waals surface area contributed by atoms with Crippen molar-refractivity contribution in [3.8, 4) is 0 Å². The van der Waals surface area contributed by atoms with E-state index in [1.54, 1.807) is 0 Å². The van der Waals surface area contributed by atoms with Crippen LogP contribution in [0.15, 0.2) is 66.9 Å². The summed E-state index contributed by atoms with van der Waals surface area (Å²) in [5, 5.41) is 8.65. The molecule has 2 aliphatic rings. The minimum Gasteiger partial charge on any atom is -0.347 e. The summed E-state index contributed by atoms with van der Waals surface area (Å²) in [6.07, 6.45) is 11.4. The fourth-order valence-electron chi connectivity index (χ4n) is 7.10. The van der Waals surface area contributed by atoms with E-state index in [0.29, 0.717) is 17.8 Å². The van der Waals surface area contributed by atoms with Gasteiger partial charge in [0.05, 0.1) is 17.5 Å². The van der Waals surface area contributed by atoms with Crippen LogP contribution >= 0.6 is 0 Å². The molecular weight excluding hydrogens is 454 g/mol. The van der Waals surface area contributed by atoms with Crippen LogP contribution < -0.4 is 10.6 Å². The quantitative estimate of drug-likeness (QED) is 0.347. The number of hydrogen-bond acceptors (Lipinski definition) is 3. The summed E-state index contributed by atoms with van der Waals surface area (Å²) in [4.78, 5) is 19.0. The highest BCUT2D eigenvalue weighted by Gasteiger charge is 2.37. The molecular formula is C33H43N3O. The molecule has 1 saturated heterocycles. The zero-order valence-corrected chi connectivity index (χ0v) is 22.5. The Bertz CT molecular complexity index is 1150. The maximum atomic E-state index is 14.3. The van der Waals surface area contributed by atoms with Crippen molar-refractivity contribution in [2.24, 2.45) is 17.8 Å². The molecule has 3 aromatic rings. The van der Waals surface area contributed by atoms with Crippen molar-refractivity contribution in [3.05, 3.63) is 78.0 Å². The van der Waals surface area contributed by atoms with E-state index >= 15 is 0 Å². The van der Waals surface area contributed by atoms with Gasteiger partial charge in [0, 0.05) is 17.6 Å². The lowest BCUT2D eigenvalue weighted by Gasteiger charge is -2.41. The van der Waals surface area contributed by atoms with Gasteiger partial charge in [-0.25, -0.2) is 0 Å². The molecule has 0 radical (unpaired) electrons. The molecule has 2 heterocycles. The van der Waals surface area contributed by atoms with Gasteiger partial charge in [-0.2, -0.15) is 0 Å². The molecule has 1 aliphatic carbocycles. The second-order valence-corrected chi connectivity index (χ2v) is 11.3. The van der Waals surface area contributed by atoms with Crippen molar-refractivity contribution in [3.63, 3.8) is 0 Å². The Balaban J connectivity index is 1.51. The average molecular weight is 498 g/mol. The number of hydrogen-bond donors (Lipinski definition) is 2. The number of piperidine rings is 1. The molecule has 2 fully saturated rings. The highest BCUT2D eigenvalue weighted by Crippen LogP contribution is 2.39. The number of nitrogens with zero attached hydrogens (tertiary/aromatic N) is 1. The molecule has 1 aromatic heterocycles. The Morgan fingerprint density at radius 3 is 2.43 bits per heavy atom. The summed E-state index contributed by atoms with van der Waals surface area (Å²) in [6, 6.07) is 21.1. The van der Waals surface area contributed by atoms with Crippen molar-refractivity contribution in [2.75, 3.05) is 6.54 Å². The molecule has 1 aliphatic heterocycles. The summed E-state index contributed by atoms with van der Waals surface area (Å²) < 4.78 is 0. The number of benzene rings is 2. The van der Waals surface area contributed by atoms with Gasteiger partial charge in [0.15, 0.2) is 0 Å². The van der Waals surface area contributed by atoms with Crippen molar-refractivity contribution < 1.29 is 4.79 Å². The lowest BCUT2D eigenvalue weighted by atomic mass is 9.75. The topological polar surface area (TPSA) is 54.0 Å². The predicted octanol–water partition coefficient (Wildman–Crippen LogP) is 7.17. The van der Waals surface area contributed by atoms with E-state index in [4.69, 9.17) is 0 Å². The molecule has 1 saturated carbocycles. The molecule has 37 heavy (non-hydrogen) atoms. The van der Waals surface area contributed by atoms with Gasteiger partial charge < -0.3 is 10.6 Å². The molecule has 2 N–H and O–H groups in total. The average Bonchev–Trinajstić information content (AvgIpc) is 2.96. The fourth-order valence-corrected chi connectivity index (χ4v) is 7.10. The normalized spacial score (nSPS) is 24.4. The van der Waals surface area contributed by atoms with Crippen LogP contribution in [-0.2, 0) is 4.79 Å². The smallest absolute Gasteiger partial charge is 0.228 e. The van der Waals surface area contributed by atoms with Crippen molar-refractivity contribution in [2.45, 2.75) is 83.2 Å². The van der Waals surface area contributed by atoms with Crippen molar-refractivity contribution in [1.29, 1.82) is 0 Å². The molecule has 1 amide bonds. The van der Waals surface area contributed by atoms with Gasteiger partial charge in [0.25, 0.3) is 0 Å². The Kier molecular flexibility index (Phi) is 8.55. The van der Waals surface area contributed by atoms with E-state index in [1.165, 1.54) is 37.7 Å². The number of para-hydroxylation sites is 1. The Morgan fingerprint density at radius 1 is 0.946 bits per heavy atom. The third-order valence-corrected chi connectivity index (χ3v) is 9.19. The Labute approximate surface area is 222 Å². The van der Waals surface area contributed by atoms with Crippen LogP contribution in [0.25, 0.3) is 10.9 Å². The number of aromatic nitrogens is 1. The standard InChI is InChI=1S/C33H43N3O/c1-3-23-21-30(35-22-24(23)4-2)32(28-19-20-34-29-18-12-11-17-27(28)29)36-33(37)31(25-13-7-5-8-14-25)26-15-9-6-10-16-26/h5,7-8,11-14,17-20,23-24,26,30-32,35H,3-4,6,9-10,15-16,21-22H2,1-2H3,(H,36,37)/t23-,24-,30+,31?,32+/m0/s1. The Hall–Kier alpha value is -2.72. The second kappa shape index (κ2) is 12.2. The number of amides is 1. The van der Waals surface area contributed by atoms with Gasteiger partial charge in [0.2, 0.25) is 5.91 Å². The lowest BCUT2D eigenvalue weighted by molar-refractivity contribution is -0.125. The number of carbonyl (C=O) groups is 1. The fraction of sp³-hybridized carbons (Fsp3) is 0.515. The van der Waals surface area contributed by atoms with E-state index in [2.05, 4.69) is 78.0 Å². The largest absolute Gasteiger partial charge is 0.347 e. The zero-order valence-electron chi connectivity index (χ0n) is 22.5. The summed E-state index contributed by atoms with van der Waals surface area (Å²) in [5.74, 6) is 1.85. The summed E-state index contributed by atoms with van der Waals surface area (Å²) >= 11 is 0. The third kappa shape index (κ3) is 5.75. The van der Waals surface area contributed by atoms with Gasteiger partial charge >= 0.3 is 0 Å². The maximum absolute atomic E-state index is 14.3. The van der Waals surface area contributed by atoms with Gasteiger partial charge in [-0.05, 0) is 66.8 Å². The van der Waals surface area contributed by atoms with Gasteiger partial charge in [-0.3, -0.25) is 9.78 Å². The van der Waals surface area contributed by atoms with E-state index < -0.39 is 0 Å². The number of carbonyl (C=O) groups excluding carboxylic acids is 1. The van der Waals surface area contributed by atoms with Crippen LogP contribution in [0, 0.1) is 17.8 Å². The maximum Gasteiger partial charge on any atom is 0.228 e. The Morgan fingerprint density at radius 2 is 1.68 bits per heavy atom. The lowest BCUT2D eigenvalue weighted by Crippen LogP contribution is -2.52. The first-order chi connectivity index (χ1) is 18.2. The van der Waals surface area contributed by atoms with Gasteiger partial charge in [0.1, 0.15) is 0 Å². The first kappa shape index (κ1) is 25.9. The number of pyridine rings is 1.